The van der Waals surface area contributed by atoms with Crippen molar-refractivity contribution < 1.29 is 24.5 Å². The number of aliphatic hydroxyl groups excluding tert-OH is 2. The number of ether oxygens (including phenoxy) is 1. The molecule has 2 atom stereocenters. The van der Waals surface area contributed by atoms with Crippen molar-refractivity contribution in [2.45, 2.75) is 309 Å². The number of esters is 1. The monoisotopic (exact) mass is 848 g/mol. The summed E-state index contributed by atoms with van der Waals surface area (Å²) in [5.41, 5.74) is 0. The van der Waals surface area contributed by atoms with Gasteiger partial charge in [-0.3, -0.25) is 9.59 Å². The fourth-order valence-corrected chi connectivity index (χ4v) is 8.40. The molecule has 0 saturated heterocycles. The van der Waals surface area contributed by atoms with Gasteiger partial charge >= 0.3 is 5.97 Å². The first-order valence-corrected chi connectivity index (χ1v) is 26.9. The molecular weight excluding hydrogens is 743 g/mol. The maximum absolute atomic E-state index is 12.4. The lowest BCUT2D eigenvalue weighted by Gasteiger charge is -2.22. The molecule has 60 heavy (non-hydrogen) atoms. The average Bonchev–Trinajstić information content (AvgIpc) is 3.25. The Morgan fingerprint density at radius 3 is 1.18 bits per heavy atom. The normalized spacial score (nSPS) is 12.7. The Bertz CT molecular complexity index is 893. The molecule has 0 spiro atoms. The summed E-state index contributed by atoms with van der Waals surface area (Å²) >= 11 is 0. The highest BCUT2D eigenvalue weighted by Crippen LogP contribution is 2.17. The lowest BCUT2D eigenvalue weighted by Crippen LogP contribution is -2.45. The van der Waals surface area contributed by atoms with Crippen LogP contribution in [0, 0.1) is 0 Å². The van der Waals surface area contributed by atoms with Crippen LogP contribution in [0.5, 0.6) is 0 Å². The van der Waals surface area contributed by atoms with E-state index in [2.05, 4.69) is 31.3 Å². The van der Waals surface area contributed by atoms with Gasteiger partial charge in [-0.05, 0) is 51.4 Å². The molecule has 1 amide bonds. The summed E-state index contributed by atoms with van der Waals surface area (Å²) in [6.45, 7) is 4.93. The van der Waals surface area contributed by atoms with Crippen molar-refractivity contribution in [1.82, 2.24) is 5.32 Å². The molecule has 0 saturated carbocycles. The largest absolute Gasteiger partial charge is 0.466 e. The summed E-state index contributed by atoms with van der Waals surface area (Å²) in [4.78, 5) is 24.5. The lowest BCUT2D eigenvalue weighted by atomic mass is 10.0. The summed E-state index contributed by atoms with van der Waals surface area (Å²) in [5.74, 6) is -0.0519. The van der Waals surface area contributed by atoms with E-state index in [0.717, 1.165) is 64.2 Å². The second kappa shape index (κ2) is 50.2. The van der Waals surface area contributed by atoms with E-state index in [1.807, 2.05) is 0 Å². The van der Waals surface area contributed by atoms with Crippen molar-refractivity contribution in [2.75, 3.05) is 13.2 Å². The molecule has 0 fully saturated rings. The van der Waals surface area contributed by atoms with Crippen LogP contribution in [0.1, 0.15) is 296 Å². The predicted octanol–water partition coefficient (Wildman–Crippen LogP) is 16.1. The van der Waals surface area contributed by atoms with Gasteiger partial charge in [0.2, 0.25) is 5.91 Å². The van der Waals surface area contributed by atoms with Gasteiger partial charge in [0.1, 0.15) is 0 Å². The Morgan fingerprint density at radius 1 is 0.450 bits per heavy atom. The van der Waals surface area contributed by atoms with E-state index < -0.39 is 12.1 Å². The number of aliphatic hydroxyl groups is 2. The summed E-state index contributed by atoms with van der Waals surface area (Å²) in [5, 5.41) is 23.1. The average molecular weight is 848 g/mol. The quantitative estimate of drug-likeness (QED) is 0.0322. The van der Waals surface area contributed by atoms with Crippen LogP contribution in [0.15, 0.2) is 12.2 Å². The molecule has 0 aliphatic rings. The topological polar surface area (TPSA) is 95.9 Å². The molecule has 0 rings (SSSR count). The minimum Gasteiger partial charge on any atom is -0.466 e. The summed E-state index contributed by atoms with van der Waals surface area (Å²) in [7, 11) is 0. The Morgan fingerprint density at radius 2 is 0.783 bits per heavy atom. The number of amides is 1. The van der Waals surface area contributed by atoms with Crippen molar-refractivity contribution in [3.8, 4) is 0 Å². The first-order valence-electron chi connectivity index (χ1n) is 26.9. The van der Waals surface area contributed by atoms with Gasteiger partial charge in [-0.1, -0.05) is 244 Å². The maximum atomic E-state index is 12.4. The van der Waals surface area contributed by atoms with Gasteiger partial charge in [0.15, 0.2) is 0 Å². The summed E-state index contributed by atoms with van der Waals surface area (Å²) in [6.07, 6.45) is 57.7. The number of carbonyl (C=O) groups is 2. The van der Waals surface area contributed by atoms with Crippen molar-refractivity contribution in [3.63, 3.8) is 0 Å². The van der Waals surface area contributed by atoms with Crippen molar-refractivity contribution in [2.24, 2.45) is 0 Å². The SMILES string of the molecule is CCCCCCCCCCCCCCCCCCCC(=O)OCCCCCCCCC/C=C\CCCCCCCC(=O)NC(CO)C(O)CCCCCCCCCCCC. The molecule has 2 unspecified atom stereocenters. The van der Waals surface area contributed by atoms with E-state index in [0.29, 0.717) is 25.9 Å². The molecule has 0 heterocycles. The van der Waals surface area contributed by atoms with Gasteiger partial charge < -0.3 is 20.3 Å². The van der Waals surface area contributed by atoms with Gasteiger partial charge in [-0.2, -0.15) is 0 Å². The fourth-order valence-electron chi connectivity index (χ4n) is 8.40. The molecule has 0 aliphatic heterocycles. The molecule has 3 N–H and O–H groups in total. The van der Waals surface area contributed by atoms with Crippen molar-refractivity contribution in [3.05, 3.63) is 12.2 Å². The van der Waals surface area contributed by atoms with Crippen LogP contribution in [0.4, 0.5) is 0 Å². The number of hydrogen-bond donors (Lipinski definition) is 3. The smallest absolute Gasteiger partial charge is 0.305 e. The van der Waals surface area contributed by atoms with E-state index in [1.165, 1.54) is 199 Å². The second-order valence-electron chi connectivity index (χ2n) is 18.6. The maximum Gasteiger partial charge on any atom is 0.305 e. The molecule has 0 radical (unpaired) electrons. The van der Waals surface area contributed by atoms with Crippen LogP contribution < -0.4 is 5.32 Å². The highest BCUT2D eigenvalue weighted by molar-refractivity contribution is 5.76. The Balaban J connectivity index is 3.42. The third-order valence-corrected chi connectivity index (χ3v) is 12.6. The number of nitrogens with one attached hydrogen (secondary N) is 1. The number of rotatable bonds is 50. The zero-order valence-corrected chi connectivity index (χ0v) is 40.5. The Hall–Kier alpha value is -1.40. The minimum atomic E-state index is -0.672. The molecule has 356 valence electrons. The fraction of sp³-hybridized carbons (Fsp3) is 0.926. The van der Waals surface area contributed by atoms with Gasteiger partial charge in [-0.15, -0.1) is 0 Å². The van der Waals surface area contributed by atoms with E-state index in [4.69, 9.17) is 4.74 Å². The second-order valence-corrected chi connectivity index (χ2v) is 18.6. The Labute approximate surface area is 374 Å². The van der Waals surface area contributed by atoms with E-state index in [1.54, 1.807) is 0 Å². The standard InChI is InChI=1S/C54H105NO5/c1-3-5-7-9-11-13-15-16-17-18-22-25-28-32-36-40-44-48-54(59)60-49-45-41-37-33-29-26-23-20-19-21-24-27-31-35-39-43-47-53(58)55-51(50-56)52(57)46-42-38-34-30-14-12-10-8-6-4-2/h19,21,51-52,56-57H,3-18,20,22-50H2,1-2H3,(H,55,58)/b21-19-. The van der Waals surface area contributed by atoms with Gasteiger partial charge in [-0.25, -0.2) is 0 Å². The first kappa shape index (κ1) is 58.6. The molecular formula is C54H105NO5. The lowest BCUT2D eigenvalue weighted by molar-refractivity contribution is -0.143. The van der Waals surface area contributed by atoms with Crippen molar-refractivity contribution >= 4 is 11.9 Å². The molecule has 6 nitrogen and oxygen atoms in total. The van der Waals surface area contributed by atoms with Crippen LogP contribution in [0.3, 0.4) is 0 Å². The number of unbranched alkanes of at least 4 members (excludes halogenated alkanes) is 37. The van der Waals surface area contributed by atoms with E-state index in [9.17, 15) is 19.8 Å². The van der Waals surface area contributed by atoms with Gasteiger partial charge in [0.05, 0.1) is 25.4 Å². The zero-order valence-electron chi connectivity index (χ0n) is 40.5. The molecule has 0 aromatic rings. The highest BCUT2D eigenvalue weighted by Gasteiger charge is 2.20. The third-order valence-electron chi connectivity index (χ3n) is 12.6. The number of hydrogen-bond acceptors (Lipinski definition) is 5. The number of carbonyl (C=O) groups excluding carboxylic acids is 2. The van der Waals surface area contributed by atoms with Gasteiger partial charge in [0, 0.05) is 12.8 Å². The number of allylic oxidation sites excluding steroid dienone is 2. The van der Waals surface area contributed by atoms with E-state index >= 15 is 0 Å². The molecule has 0 aliphatic carbocycles. The summed E-state index contributed by atoms with van der Waals surface area (Å²) in [6, 6.07) is -0.551. The van der Waals surface area contributed by atoms with E-state index in [-0.39, 0.29) is 18.5 Å². The summed E-state index contributed by atoms with van der Waals surface area (Å²) < 4.78 is 5.48. The van der Waals surface area contributed by atoms with Gasteiger partial charge in [0.25, 0.3) is 0 Å². The molecule has 6 heteroatoms. The molecule has 0 aromatic heterocycles. The van der Waals surface area contributed by atoms with Crippen LogP contribution in [-0.4, -0.2) is 47.4 Å². The molecule has 0 bridgehead atoms. The first-order chi connectivity index (χ1) is 29.5. The minimum absolute atomic E-state index is 0.00111. The predicted molar refractivity (Wildman–Crippen MR) is 260 cm³/mol. The zero-order chi connectivity index (χ0) is 43.7. The third kappa shape index (κ3) is 46.1. The van der Waals surface area contributed by atoms with Crippen LogP contribution in [-0.2, 0) is 14.3 Å². The van der Waals surface area contributed by atoms with Crippen LogP contribution in [0.25, 0.3) is 0 Å². The van der Waals surface area contributed by atoms with Crippen molar-refractivity contribution in [1.29, 1.82) is 0 Å². The van der Waals surface area contributed by atoms with Crippen LogP contribution >= 0.6 is 0 Å². The van der Waals surface area contributed by atoms with Crippen LogP contribution in [0.2, 0.25) is 0 Å². The Kier molecular flexibility index (Phi) is 49.1. The highest BCUT2D eigenvalue weighted by atomic mass is 16.5. The molecule has 0 aromatic carbocycles.